The molecule has 2 rings (SSSR count). The normalized spacial score (nSPS) is 17.4. The van der Waals surface area contributed by atoms with Gasteiger partial charge in [0.25, 0.3) is 0 Å². The van der Waals surface area contributed by atoms with Gasteiger partial charge in [0.15, 0.2) is 0 Å². The summed E-state index contributed by atoms with van der Waals surface area (Å²) in [6.07, 6.45) is 4.31. The van der Waals surface area contributed by atoms with E-state index in [4.69, 9.17) is 4.74 Å². The first-order valence-electron chi connectivity index (χ1n) is 5.72. The Balaban J connectivity index is 1.87. The van der Waals surface area contributed by atoms with E-state index >= 15 is 0 Å². The lowest BCUT2D eigenvalue weighted by atomic mass is 10.1. The lowest BCUT2D eigenvalue weighted by Gasteiger charge is -2.16. The predicted molar refractivity (Wildman–Crippen MR) is 79.1 cm³/mol. The van der Waals surface area contributed by atoms with Crippen molar-refractivity contribution >= 4 is 38.5 Å². The van der Waals surface area contributed by atoms with Gasteiger partial charge in [0.2, 0.25) is 0 Å². The van der Waals surface area contributed by atoms with E-state index in [1.165, 1.54) is 24.8 Å². The van der Waals surface area contributed by atoms with Crippen molar-refractivity contribution in [1.29, 1.82) is 0 Å². The lowest BCUT2D eigenvalue weighted by molar-refractivity contribution is 0.0665. The van der Waals surface area contributed by atoms with E-state index in [9.17, 15) is 0 Å². The Morgan fingerprint density at radius 2 is 2.25 bits per heavy atom. The smallest absolute Gasteiger partial charge is 0.0914 e. The van der Waals surface area contributed by atoms with Crippen LogP contribution in [0.4, 0.5) is 0 Å². The maximum atomic E-state index is 5.95. The summed E-state index contributed by atoms with van der Waals surface area (Å²) in [4.78, 5) is 0. The Kier molecular flexibility index (Phi) is 5.10. The molecule has 0 amide bonds. The number of ether oxygens (including phenoxy) is 1. The maximum Gasteiger partial charge on any atom is 0.0914 e. The third kappa shape index (κ3) is 4.00. The molecule has 0 aliphatic heterocycles. The van der Waals surface area contributed by atoms with Crippen molar-refractivity contribution in [2.75, 3.05) is 11.0 Å². The highest BCUT2D eigenvalue weighted by Gasteiger charge is 2.21. The van der Waals surface area contributed by atoms with Crippen LogP contribution in [-0.4, -0.2) is 11.0 Å². The molecule has 0 N–H and O–H groups in total. The van der Waals surface area contributed by atoms with Crippen LogP contribution in [0, 0.1) is 5.92 Å². The Bertz CT molecular complexity index is 338. The minimum atomic E-state index is 0.247. The summed E-state index contributed by atoms with van der Waals surface area (Å²) in [5.74, 6) is 0.956. The van der Waals surface area contributed by atoms with Crippen LogP contribution in [0.1, 0.15) is 30.9 Å². The van der Waals surface area contributed by atoms with Crippen LogP contribution in [0.15, 0.2) is 28.7 Å². The third-order valence-corrected chi connectivity index (χ3v) is 4.20. The van der Waals surface area contributed by atoms with Gasteiger partial charge in [-0.3, -0.25) is 0 Å². The molecule has 1 unspecified atom stereocenters. The van der Waals surface area contributed by atoms with Crippen LogP contribution >= 0.6 is 38.5 Å². The molecule has 1 aromatic rings. The molecule has 0 radical (unpaired) electrons. The molecule has 0 heterocycles. The zero-order chi connectivity index (χ0) is 11.4. The highest BCUT2D eigenvalue weighted by Crippen LogP contribution is 2.33. The first-order chi connectivity index (χ1) is 7.79. The van der Waals surface area contributed by atoms with Crippen LogP contribution < -0.4 is 0 Å². The fraction of sp³-hybridized carbons (Fsp3) is 0.538. The molecule has 0 bridgehead atoms. The summed E-state index contributed by atoms with van der Waals surface area (Å²) in [6.45, 7) is 0.908. The SMILES string of the molecule is Brc1cccc(C(CI)OCCC2CC2)c1. The molecule has 3 heteroatoms. The van der Waals surface area contributed by atoms with Gasteiger partial charge in [-0.2, -0.15) is 0 Å². The first kappa shape index (κ1) is 12.8. The number of hydrogen-bond donors (Lipinski definition) is 0. The Hall–Kier alpha value is 0.390. The van der Waals surface area contributed by atoms with Gasteiger partial charge >= 0.3 is 0 Å². The van der Waals surface area contributed by atoms with Gasteiger partial charge in [-0.1, -0.05) is 63.5 Å². The zero-order valence-corrected chi connectivity index (χ0v) is 12.9. The molecule has 1 aromatic carbocycles. The number of halogens is 2. The van der Waals surface area contributed by atoms with Crippen LogP contribution in [0.5, 0.6) is 0 Å². The molecule has 0 saturated heterocycles. The second-order valence-electron chi connectivity index (χ2n) is 4.30. The zero-order valence-electron chi connectivity index (χ0n) is 9.16. The van der Waals surface area contributed by atoms with Crippen molar-refractivity contribution in [2.45, 2.75) is 25.4 Å². The number of rotatable bonds is 6. The first-order valence-corrected chi connectivity index (χ1v) is 8.04. The standard InChI is InChI=1S/C13H16BrIO/c14-12-3-1-2-11(8-12)13(9-15)16-7-6-10-4-5-10/h1-3,8,10,13H,4-7,9H2. The molecule has 0 spiro atoms. The number of alkyl halides is 1. The molecule has 1 aliphatic rings. The monoisotopic (exact) mass is 394 g/mol. The highest BCUT2D eigenvalue weighted by molar-refractivity contribution is 14.1. The molecule has 0 aromatic heterocycles. The molecular formula is C13H16BrIO. The summed E-state index contributed by atoms with van der Waals surface area (Å²) >= 11 is 5.90. The lowest BCUT2D eigenvalue weighted by Crippen LogP contribution is -2.07. The van der Waals surface area contributed by atoms with Crippen LogP contribution in [-0.2, 0) is 4.74 Å². The van der Waals surface area contributed by atoms with E-state index < -0.39 is 0 Å². The van der Waals surface area contributed by atoms with Crippen LogP contribution in [0.2, 0.25) is 0 Å². The summed E-state index contributed by atoms with van der Waals surface area (Å²) < 4.78 is 8.10. The molecule has 16 heavy (non-hydrogen) atoms. The van der Waals surface area contributed by atoms with Gasteiger partial charge in [0.1, 0.15) is 0 Å². The summed E-state index contributed by atoms with van der Waals surface area (Å²) in [5.41, 5.74) is 1.28. The van der Waals surface area contributed by atoms with Crippen molar-refractivity contribution in [1.82, 2.24) is 0 Å². The maximum absolute atomic E-state index is 5.95. The molecule has 1 fully saturated rings. The summed E-state index contributed by atoms with van der Waals surface area (Å²) in [7, 11) is 0. The molecule has 88 valence electrons. The van der Waals surface area contributed by atoms with Crippen molar-refractivity contribution < 1.29 is 4.74 Å². The quantitative estimate of drug-likeness (QED) is 0.500. The molecule has 1 aliphatic carbocycles. The molecule has 1 atom stereocenters. The number of benzene rings is 1. The molecule has 1 nitrogen and oxygen atoms in total. The summed E-state index contributed by atoms with van der Waals surface area (Å²) in [6, 6.07) is 8.42. The Morgan fingerprint density at radius 1 is 1.44 bits per heavy atom. The summed E-state index contributed by atoms with van der Waals surface area (Å²) in [5, 5.41) is 0. The fourth-order valence-electron chi connectivity index (χ4n) is 1.72. The second kappa shape index (κ2) is 6.36. The van der Waals surface area contributed by atoms with Crippen molar-refractivity contribution in [3.05, 3.63) is 34.3 Å². The fourth-order valence-corrected chi connectivity index (χ4v) is 2.90. The predicted octanol–water partition coefficient (Wildman–Crippen LogP) is 4.74. The van der Waals surface area contributed by atoms with Gasteiger partial charge in [0, 0.05) is 15.5 Å². The largest absolute Gasteiger partial charge is 0.373 e. The van der Waals surface area contributed by atoms with Gasteiger partial charge in [-0.15, -0.1) is 0 Å². The molecule has 1 saturated carbocycles. The number of hydrogen-bond acceptors (Lipinski definition) is 1. The topological polar surface area (TPSA) is 9.23 Å². The third-order valence-electron chi connectivity index (χ3n) is 2.90. The van der Waals surface area contributed by atoms with Gasteiger partial charge in [0.05, 0.1) is 6.10 Å². The minimum Gasteiger partial charge on any atom is -0.373 e. The van der Waals surface area contributed by atoms with Gasteiger partial charge < -0.3 is 4.74 Å². The van der Waals surface area contributed by atoms with E-state index in [1.807, 2.05) is 0 Å². The van der Waals surface area contributed by atoms with Gasteiger partial charge in [-0.05, 0) is 30.0 Å². The van der Waals surface area contributed by atoms with Gasteiger partial charge in [-0.25, -0.2) is 0 Å². The van der Waals surface area contributed by atoms with E-state index in [-0.39, 0.29) is 6.10 Å². The van der Waals surface area contributed by atoms with Crippen molar-refractivity contribution in [2.24, 2.45) is 5.92 Å². The average molecular weight is 395 g/mol. The second-order valence-corrected chi connectivity index (χ2v) is 6.10. The van der Waals surface area contributed by atoms with E-state index in [1.54, 1.807) is 0 Å². The Morgan fingerprint density at radius 3 is 2.88 bits per heavy atom. The minimum absolute atomic E-state index is 0.247. The van der Waals surface area contributed by atoms with E-state index in [0.717, 1.165) is 21.4 Å². The Labute approximate surface area is 119 Å². The van der Waals surface area contributed by atoms with Crippen molar-refractivity contribution in [3.63, 3.8) is 0 Å². The van der Waals surface area contributed by atoms with Crippen LogP contribution in [0.25, 0.3) is 0 Å². The van der Waals surface area contributed by atoms with Crippen molar-refractivity contribution in [3.8, 4) is 0 Å². The van der Waals surface area contributed by atoms with E-state index in [2.05, 4.69) is 62.8 Å². The highest BCUT2D eigenvalue weighted by atomic mass is 127. The van der Waals surface area contributed by atoms with Crippen LogP contribution in [0.3, 0.4) is 0 Å². The molecular weight excluding hydrogens is 379 g/mol. The average Bonchev–Trinajstić information content (AvgIpc) is 3.08. The van der Waals surface area contributed by atoms with E-state index in [0.29, 0.717) is 0 Å².